The van der Waals surface area contributed by atoms with Crippen LogP contribution in [0, 0.1) is 0 Å². The topological polar surface area (TPSA) is 53.2 Å². The lowest BCUT2D eigenvalue weighted by Gasteiger charge is -2.19. The van der Waals surface area contributed by atoms with E-state index >= 15 is 0 Å². The molecule has 1 N–H and O–H groups in total. The van der Waals surface area contributed by atoms with Gasteiger partial charge in [0.25, 0.3) is 0 Å². The van der Waals surface area contributed by atoms with Gasteiger partial charge in [0.1, 0.15) is 0 Å². The van der Waals surface area contributed by atoms with Crippen LogP contribution in [0.15, 0.2) is 82.6 Å². The minimum absolute atomic E-state index is 0.135. The normalized spacial score (nSPS) is 15.3. The molecule has 0 bridgehead atoms. The predicted octanol–water partition coefficient (Wildman–Crippen LogP) is 5.62. The van der Waals surface area contributed by atoms with Gasteiger partial charge in [0, 0.05) is 42.7 Å². The molecule has 0 spiro atoms. The van der Waals surface area contributed by atoms with Crippen LogP contribution >= 0.6 is 0 Å². The summed E-state index contributed by atoms with van der Waals surface area (Å²) in [5, 5.41) is 0.752. The van der Waals surface area contributed by atoms with Crippen molar-refractivity contribution >= 4 is 20.7 Å². The average Bonchev–Trinajstić information content (AvgIpc) is 3.05. The Hall–Kier alpha value is -3.10. The number of sulfone groups is 1. The summed E-state index contributed by atoms with van der Waals surface area (Å²) in [6.45, 7) is 2.50. The van der Waals surface area contributed by atoms with Gasteiger partial charge in [0.2, 0.25) is 9.84 Å². The van der Waals surface area contributed by atoms with Gasteiger partial charge in [-0.2, -0.15) is 13.2 Å². The van der Waals surface area contributed by atoms with Gasteiger partial charge >= 0.3 is 6.18 Å². The second kappa shape index (κ2) is 8.60. The number of nitrogens with zero attached hydrogens (tertiary/aromatic N) is 1. The molecule has 0 fully saturated rings. The Kier molecular flexibility index (Phi) is 5.73. The third-order valence-electron chi connectivity index (χ3n) is 6.36. The largest absolute Gasteiger partial charge is 0.417 e. The second-order valence-electron chi connectivity index (χ2n) is 8.55. The number of H-pyrrole nitrogens is 1. The molecule has 2 heterocycles. The van der Waals surface area contributed by atoms with Gasteiger partial charge in [-0.15, -0.1) is 0 Å². The molecular formula is C26H23F3N2O2S. The van der Waals surface area contributed by atoms with Gasteiger partial charge in [0.05, 0.1) is 15.4 Å². The number of hydrogen-bond acceptors (Lipinski definition) is 3. The molecule has 34 heavy (non-hydrogen) atoms. The van der Waals surface area contributed by atoms with E-state index in [1.54, 1.807) is 6.07 Å². The standard InChI is InChI=1S/C26H23F3N2O2S/c27-26(28,29)22-8-4-5-9-25(22)34(32,33)19-10-11-23-21(16-19)20-12-14-31(15-13-24(20)30-23)17-18-6-2-1-3-7-18/h1-11,16,30H,12-15,17H2. The van der Waals surface area contributed by atoms with E-state index in [0.717, 1.165) is 66.8 Å². The first-order chi connectivity index (χ1) is 16.2. The van der Waals surface area contributed by atoms with E-state index in [-0.39, 0.29) is 4.90 Å². The highest BCUT2D eigenvalue weighted by Crippen LogP contribution is 2.37. The maximum atomic E-state index is 13.5. The molecule has 176 valence electrons. The fraction of sp³-hybridized carbons (Fsp3) is 0.231. The Morgan fingerprint density at radius 3 is 2.35 bits per heavy atom. The van der Waals surface area contributed by atoms with Crippen molar-refractivity contribution in [2.75, 3.05) is 13.1 Å². The van der Waals surface area contributed by atoms with Crippen LogP contribution < -0.4 is 0 Å². The van der Waals surface area contributed by atoms with Gasteiger partial charge in [-0.3, -0.25) is 4.90 Å². The Balaban J connectivity index is 1.48. The Bertz CT molecular complexity index is 1440. The first kappa shape index (κ1) is 22.7. The summed E-state index contributed by atoms with van der Waals surface area (Å²) >= 11 is 0. The van der Waals surface area contributed by atoms with Crippen molar-refractivity contribution in [1.82, 2.24) is 9.88 Å². The number of aromatic amines is 1. The van der Waals surface area contributed by atoms with Gasteiger partial charge in [0.15, 0.2) is 0 Å². The van der Waals surface area contributed by atoms with E-state index in [9.17, 15) is 21.6 Å². The smallest absolute Gasteiger partial charge is 0.358 e. The molecule has 0 amide bonds. The Morgan fingerprint density at radius 2 is 1.59 bits per heavy atom. The lowest BCUT2D eigenvalue weighted by molar-refractivity contribution is -0.139. The molecule has 1 aliphatic heterocycles. The molecule has 1 aliphatic rings. The number of aromatic nitrogens is 1. The second-order valence-corrected chi connectivity index (χ2v) is 10.5. The van der Waals surface area contributed by atoms with Crippen LogP contribution in [-0.2, 0) is 35.4 Å². The fourth-order valence-corrected chi connectivity index (χ4v) is 6.17. The Labute approximate surface area is 196 Å². The molecule has 4 aromatic rings. The van der Waals surface area contributed by atoms with E-state index in [4.69, 9.17) is 0 Å². The summed E-state index contributed by atoms with van der Waals surface area (Å²) in [5.74, 6) is 0. The monoisotopic (exact) mass is 484 g/mol. The molecule has 8 heteroatoms. The highest BCUT2D eigenvalue weighted by molar-refractivity contribution is 7.91. The zero-order valence-corrected chi connectivity index (χ0v) is 19.1. The van der Waals surface area contributed by atoms with E-state index in [0.29, 0.717) is 0 Å². The third-order valence-corrected chi connectivity index (χ3v) is 8.17. The van der Waals surface area contributed by atoms with Gasteiger partial charge in [-0.25, -0.2) is 8.42 Å². The van der Waals surface area contributed by atoms with E-state index in [1.807, 2.05) is 18.2 Å². The van der Waals surface area contributed by atoms with Crippen molar-refractivity contribution in [2.24, 2.45) is 0 Å². The summed E-state index contributed by atoms with van der Waals surface area (Å²) in [5.41, 5.74) is 2.96. The Morgan fingerprint density at radius 1 is 0.882 bits per heavy atom. The van der Waals surface area contributed by atoms with Crippen molar-refractivity contribution < 1.29 is 21.6 Å². The summed E-state index contributed by atoms with van der Waals surface area (Å²) in [7, 11) is -4.35. The van der Waals surface area contributed by atoms with Gasteiger partial charge < -0.3 is 4.98 Å². The molecule has 4 nitrogen and oxygen atoms in total. The molecule has 0 radical (unpaired) electrons. The molecule has 3 aromatic carbocycles. The van der Waals surface area contributed by atoms with Crippen LogP contribution in [0.3, 0.4) is 0 Å². The fourth-order valence-electron chi connectivity index (χ4n) is 4.66. The zero-order chi connectivity index (χ0) is 23.9. The highest BCUT2D eigenvalue weighted by atomic mass is 32.2. The summed E-state index contributed by atoms with van der Waals surface area (Å²) in [4.78, 5) is 4.89. The molecule has 0 atom stereocenters. The van der Waals surface area contributed by atoms with Crippen LogP contribution in [0.25, 0.3) is 10.9 Å². The predicted molar refractivity (Wildman–Crippen MR) is 124 cm³/mol. The molecule has 1 aromatic heterocycles. The molecule has 0 unspecified atom stereocenters. The van der Waals surface area contributed by atoms with Crippen LogP contribution in [-0.4, -0.2) is 31.4 Å². The highest BCUT2D eigenvalue weighted by Gasteiger charge is 2.37. The number of nitrogens with one attached hydrogen (secondary N) is 1. The van der Waals surface area contributed by atoms with Gasteiger partial charge in [-0.1, -0.05) is 42.5 Å². The number of alkyl halides is 3. The third kappa shape index (κ3) is 4.23. The van der Waals surface area contributed by atoms with Crippen molar-refractivity contribution in [3.63, 3.8) is 0 Å². The maximum absolute atomic E-state index is 13.5. The zero-order valence-electron chi connectivity index (χ0n) is 18.3. The average molecular weight is 485 g/mol. The summed E-state index contributed by atoms with van der Waals surface area (Å²) < 4.78 is 66.9. The minimum Gasteiger partial charge on any atom is -0.358 e. The minimum atomic E-state index is -4.76. The van der Waals surface area contributed by atoms with Crippen molar-refractivity contribution in [3.05, 3.63) is 95.2 Å². The molecule has 0 saturated heterocycles. The van der Waals surface area contributed by atoms with Crippen molar-refractivity contribution in [3.8, 4) is 0 Å². The first-order valence-corrected chi connectivity index (χ1v) is 12.5. The molecule has 5 rings (SSSR count). The van der Waals surface area contributed by atoms with Crippen LogP contribution in [0.1, 0.15) is 22.4 Å². The SMILES string of the molecule is O=S(=O)(c1ccc2[nH]c3c(c2c1)CCN(Cc1ccccc1)CC3)c1ccccc1C(F)(F)F. The summed E-state index contributed by atoms with van der Waals surface area (Å²) in [6, 6.07) is 19.1. The lowest BCUT2D eigenvalue weighted by Crippen LogP contribution is -2.26. The van der Waals surface area contributed by atoms with Crippen LogP contribution in [0.5, 0.6) is 0 Å². The number of hydrogen-bond donors (Lipinski definition) is 1. The number of rotatable bonds is 4. The van der Waals surface area contributed by atoms with Crippen molar-refractivity contribution in [2.45, 2.75) is 35.4 Å². The van der Waals surface area contributed by atoms with Crippen molar-refractivity contribution in [1.29, 1.82) is 0 Å². The first-order valence-electron chi connectivity index (χ1n) is 11.0. The molecule has 0 aliphatic carbocycles. The van der Waals surface area contributed by atoms with E-state index in [1.165, 1.54) is 29.8 Å². The van der Waals surface area contributed by atoms with E-state index < -0.39 is 26.5 Å². The number of fused-ring (bicyclic) bond motifs is 3. The van der Waals surface area contributed by atoms with Gasteiger partial charge in [-0.05, 0) is 47.9 Å². The quantitative estimate of drug-likeness (QED) is 0.409. The number of halogens is 3. The molecular weight excluding hydrogens is 461 g/mol. The summed E-state index contributed by atoms with van der Waals surface area (Å²) in [6.07, 6.45) is -3.25. The number of benzene rings is 3. The van der Waals surface area contributed by atoms with Crippen LogP contribution in [0.2, 0.25) is 0 Å². The maximum Gasteiger partial charge on any atom is 0.417 e. The van der Waals surface area contributed by atoms with Crippen LogP contribution in [0.4, 0.5) is 13.2 Å². The van der Waals surface area contributed by atoms with E-state index in [2.05, 4.69) is 22.0 Å². The molecule has 0 saturated carbocycles. The lowest BCUT2D eigenvalue weighted by atomic mass is 10.1.